The van der Waals surface area contributed by atoms with Crippen molar-refractivity contribution in [2.45, 2.75) is 17.4 Å². The molecule has 1 fully saturated rings. The summed E-state index contributed by atoms with van der Waals surface area (Å²) < 4.78 is 31.6. The molecule has 0 radical (unpaired) electrons. The van der Waals surface area contributed by atoms with Gasteiger partial charge in [0.1, 0.15) is 11.8 Å². The van der Waals surface area contributed by atoms with Gasteiger partial charge in [0.15, 0.2) is 0 Å². The monoisotopic (exact) mass is 632 g/mol. The molecule has 3 amide bonds. The Bertz CT molecular complexity index is 1640. The number of rotatable bonds is 10. The minimum absolute atomic E-state index is 0.0174. The van der Waals surface area contributed by atoms with E-state index in [1.807, 2.05) is 5.32 Å². The fourth-order valence-electron chi connectivity index (χ4n) is 3.72. The maximum atomic E-state index is 12.9. The Morgan fingerprint density at radius 2 is 1.63 bits per heavy atom. The number of hydrogen-bond acceptors (Lipinski definition) is 12. The summed E-state index contributed by atoms with van der Waals surface area (Å²) in [5.41, 5.74) is 0.970. The Hall–Kier alpha value is -4.87. The van der Waals surface area contributed by atoms with E-state index >= 15 is 0 Å². The number of carboxylic acid groups (broad SMARTS) is 1. The average Bonchev–Trinajstić information content (AvgIpc) is 2.93. The molecule has 4 rings (SSSR count). The van der Waals surface area contributed by atoms with Gasteiger partial charge in [0.2, 0.25) is 39.0 Å². The molecule has 3 aromatic rings. The number of amides is 3. The number of aromatic nitrogens is 3. The van der Waals surface area contributed by atoms with Crippen LogP contribution in [0.1, 0.15) is 5.56 Å². The third-order valence-corrected chi connectivity index (χ3v) is 7.78. The Morgan fingerprint density at radius 3 is 2.21 bits per heavy atom. The van der Waals surface area contributed by atoms with Gasteiger partial charge in [-0.2, -0.15) is 19.3 Å². The summed E-state index contributed by atoms with van der Waals surface area (Å²) in [5, 5.41) is 17.1. The van der Waals surface area contributed by atoms with Crippen LogP contribution in [0.5, 0.6) is 5.75 Å². The molecule has 16 nitrogen and oxygen atoms in total. The smallest absolute Gasteiger partial charge is 0.414 e. The number of halogens is 1. The lowest BCUT2D eigenvalue weighted by atomic mass is 10.1. The van der Waals surface area contributed by atoms with Crippen LogP contribution in [0.15, 0.2) is 53.4 Å². The molecule has 1 atom stereocenters. The van der Waals surface area contributed by atoms with E-state index in [-0.39, 0.29) is 28.5 Å². The third-order valence-electron chi connectivity index (χ3n) is 5.81. The predicted octanol–water partition coefficient (Wildman–Crippen LogP) is 1.08. The topological polar surface area (TPSA) is 213 Å². The molecule has 0 unspecified atom stereocenters. The lowest BCUT2D eigenvalue weighted by molar-refractivity contribution is -0.138. The van der Waals surface area contributed by atoms with Crippen molar-refractivity contribution in [1.82, 2.24) is 29.5 Å². The van der Waals surface area contributed by atoms with E-state index < -0.39 is 53.0 Å². The second kappa shape index (κ2) is 13.0. The average molecular weight is 633 g/mol. The van der Waals surface area contributed by atoms with E-state index in [4.69, 9.17) is 16.3 Å². The van der Waals surface area contributed by atoms with Crippen molar-refractivity contribution in [3.63, 3.8) is 0 Å². The van der Waals surface area contributed by atoms with E-state index in [2.05, 4.69) is 25.6 Å². The molecular weight excluding hydrogens is 608 g/mol. The van der Waals surface area contributed by atoms with Gasteiger partial charge in [0, 0.05) is 26.2 Å². The lowest BCUT2D eigenvalue weighted by Crippen LogP contribution is -2.53. The van der Waals surface area contributed by atoms with Crippen molar-refractivity contribution in [3.05, 3.63) is 59.4 Å². The van der Waals surface area contributed by atoms with Crippen LogP contribution in [0, 0.1) is 0 Å². The van der Waals surface area contributed by atoms with Crippen LogP contribution in [0.3, 0.4) is 0 Å². The number of carboxylic acids is 1. The first-order chi connectivity index (χ1) is 20.3. The van der Waals surface area contributed by atoms with Gasteiger partial charge in [-0.3, -0.25) is 14.9 Å². The summed E-state index contributed by atoms with van der Waals surface area (Å²) in [4.78, 5) is 60.0. The van der Waals surface area contributed by atoms with Crippen LogP contribution in [0.2, 0.25) is 5.28 Å². The molecule has 1 aliphatic heterocycles. The van der Waals surface area contributed by atoms with Crippen molar-refractivity contribution < 1.29 is 37.4 Å². The number of hydrogen-bond donors (Lipinski definition) is 4. The number of carbonyl (C=O) groups is 4. The maximum absolute atomic E-state index is 12.9. The summed E-state index contributed by atoms with van der Waals surface area (Å²) in [6, 6.07) is 10.5. The number of nitrogens with zero attached hydrogens (tertiary/aromatic N) is 5. The number of ether oxygens (including phenoxy) is 1. The highest BCUT2D eigenvalue weighted by molar-refractivity contribution is 7.89. The fourth-order valence-corrected chi connectivity index (χ4v) is 5.23. The molecule has 226 valence electrons. The first-order valence-electron chi connectivity index (χ1n) is 12.4. The largest absolute Gasteiger partial charge is 0.480 e. The number of benzene rings is 2. The molecule has 2 heterocycles. The molecule has 0 saturated carbocycles. The van der Waals surface area contributed by atoms with Gasteiger partial charge in [0.05, 0.1) is 18.0 Å². The number of aliphatic carboxylic acids is 1. The second-order valence-corrected chi connectivity index (χ2v) is 11.6. The third kappa shape index (κ3) is 8.12. The zero-order valence-corrected chi connectivity index (χ0v) is 24.2. The first kappa shape index (κ1) is 31.1. The van der Waals surface area contributed by atoms with Crippen molar-refractivity contribution in [2.75, 3.05) is 37.8 Å². The Labute approximate surface area is 250 Å². The SMILES string of the molecule is CN(C)C(=O)Oc1ccc(C[C@H](Nc2nc(Cl)nc(Nc3ccc(S(=O)(=O)N4CC(=O)NC(=O)C4)cc3)n2)C(=O)O)cc1. The first-order valence-corrected chi connectivity index (χ1v) is 14.2. The number of nitrogens with one attached hydrogen (secondary N) is 3. The van der Waals surface area contributed by atoms with E-state index in [1.54, 1.807) is 26.2 Å². The van der Waals surface area contributed by atoms with E-state index in [9.17, 15) is 32.7 Å². The quantitative estimate of drug-likeness (QED) is 0.231. The number of anilines is 3. The highest BCUT2D eigenvalue weighted by atomic mass is 35.5. The molecule has 18 heteroatoms. The van der Waals surface area contributed by atoms with E-state index in [0.717, 1.165) is 4.31 Å². The zero-order chi connectivity index (χ0) is 31.3. The van der Waals surface area contributed by atoms with Crippen LogP contribution in [0.25, 0.3) is 0 Å². The van der Waals surface area contributed by atoms with Crippen molar-refractivity contribution in [2.24, 2.45) is 0 Å². The number of carbonyl (C=O) groups excluding carboxylic acids is 3. The van der Waals surface area contributed by atoms with Gasteiger partial charge in [-0.25, -0.2) is 18.0 Å². The summed E-state index contributed by atoms with van der Waals surface area (Å²) in [6.07, 6.45) is -0.538. The van der Waals surface area contributed by atoms with Gasteiger partial charge in [-0.05, 0) is 53.6 Å². The van der Waals surface area contributed by atoms with Gasteiger partial charge >= 0.3 is 12.1 Å². The molecular formula is C25H25ClN8O8S. The molecule has 1 aromatic heterocycles. The Kier molecular flexibility index (Phi) is 9.37. The van der Waals surface area contributed by atoms with Crippen LogP contribution in [0.4, 0.5) is 22.4 Å². The number of imide groups is 1. The molecule has 1 saturated heterocycles. The molecule has 1 aliphatic rings. The molecule has 0 bridgehead atoms. The molecule has 0 aliphatic carbocycles. The maximum Gasteiger partial charge on any atom is 0.414 e. The summed E-state index contributed by atoms with van der Waals surface area (Å²) >= 11 is 6.04. The van der Waals surface area contributed by atoms with Crippen molar-refractivity contribution >= 4 is 63.1 Å². The summed E-state index contributed by atoms with van der Waals surface area (Å²) in [5.74, 6) is -2.55. The standard InChI is InChI=1S/C25H25ClN8O8S/c1-33(2)25(39)42-16-7-3-14(4-8-16)11-18(21(37)38)28-24-31-22(26)30-23(32-24)27-15-5-9-17(10-6-15)43(40,41)34-12-19(35)29-20(36)13-34/h3-10,18H,11-13H2,1-2H3,(H,37,38)(H,29,35,36)(H2,27,28,30,31,32)/t18-/m0/s1. The molecule has 0 spiro atoms. The minimum Gasteiger partial charge on any atom is -0.480 e. The van der Waals surface area contributed by atoms with Crippen molar-refractivity contribution in [3.8, 4) is 5.75 Å². The van der Waals surface area contributed by atoms with E-state index in [1.165, 1.54) is 41.3 Å². The Morgan fingerprint density at radius 1 is 1.02 bits per heavy atom. The van der Waals surface area contributed by atoms with Crippen molar-refractivity contribution in [1.29, 1.82) is 0 Å². The van der Waals surface area contributed by atoms with Crippen LogP contribution in [-0.4, -0.2) is 94.8 Å². The number of piperazine rings is 1. The van der Waals surface area contributed by atoms with Crippen LogP contribution >= 0.6 is 11.6 Å². The summed E-state index contributed by atoms with van der Waals surface area (Å²) in [7, 11) is -1.03. The number of sulfonamides is 1. The van der Waals surface area contributed by atoms with Gasteiger partial charge in [0.25, 0.3) is 0 Å². The zero-order valence-electron chi connectivity index (χ0n) is 22.6. The highest BCUT2D eigenvalue weighted by Gasteiger charge is 2.32. The van der Waals surface area contributed by atoms with Gasteiger partial charge in [-0.15, -0.1) is 0 Å². The van der Waals surface area contributed by atoms with Crippen LogP contribution in [-0.2, 0) is 30.8 Å². The lowest BCUT2D eigenvalue weighted by Gasteiger charge is -2.24. The highest BCUT2D eigenvalue weighted by Crippen LogP contribution is 2.22. The second-order valence-electron chi connectivity index (χ2n) is 9.29. The molecule has 43 heavy (non-hydrogen) atoms. The van der Waals surface area contributed by atoms with E-state index in [0.29, 0.717) is 17.0 Å². The summed E-state index contributed by atoms with van der Waals surface area (Å²) in [6.45, 7) is -0.968. The molecule has 4 N–H and O–H groups in total. The van der Waals surface area contributed by atoms with Gasteiger partial charge < -0.3 is 25.4 Å². The fraction of sp³-hybridized carbons (Fsp3) is 0.240. The predicted molar refractivity (Wildman–Crippen MR) is 151 cm³/mol. The van der Waals surface area contributed by atoms with Crippen LogP contribution < -0.4 is 20.7 Å². The Balaban J connectivity index is 1.44. The normalized spacial score (nSPS) is 14.4. The molecule has 2 aromatic carbocycles. The van der Waals surface area contributed by atoms with Gasteiger partial charge in [-0.1, -0.05) is 12.1 Å². The minimum atomic E-state index is -4.12.